The Balaban J connectivity index is 1.56. The predicted molar refractivity (Wildman–Crippen MR) is 120 cm³/mol. The predicted octanol–water partition coefficient (Wildman–Crippen LogP) is 1.65. The maximum atomic E-state index is 13.0. The highest BCUT2D eigenvalue weighted by Crippen LogP contribution is 2.27. The number of rotatable bonds is 6. The summed E-state index contributed by atoms with van der Waals surface area (Å²) in [6, 6.07) is 4.65. The van der Waals surface area contributed by atoms with Crippen LogP contribution in [0.4, 0.5) is 5.69 Å². The van der Waals surface area contributed by atoms with E-state index >= 15 is 0 Å². The van der Waals surface area contributed by atoms with E-state index in [-0.39, 0.29) is 18.1 Å². The van der Waals surface area contributed by atoms with Crippen LogP contribution in [0.15, 0.2) is 18.2 Å². The van der Waals surface area contributed by atoms with Crippen LogP contribution in [-0.4, -0.2) is 92.5 Å². The number of methoxy groups -OCH3 is 1. The van der Waals surface area contributed by atoms with Crippen LogP contribution in [0, 0.1) is 0 Å². The number of anilines is 1. The molecular weight excluding hydrogens is 444 g/mol. The molecule has 0 aromatic heterocycles. The third-order valence-corrected chi connectivity index (χ3v) is 7.92. The lowest BCUT2D eigenvalue weighted by molar-refractivity contribution is -0.121. The molecular formula is C20H31ClN4O5S. The standard InChI is InChI=1S/C20H31ClN4O5S/c1-14-12-25(13-15(2)30-14)31(27,28)24-9-7-23(8-10-24)16(3)20(26)22-17-5-6-19(29-4)18(21)11-17/h5-6,11,14-16H,7-10,12-13H2,1-4H3,(H,22,26). The van der Waals surface area contributed by atoms with E-state index in [1.54, 1.807) is 18.2 Å². The molecule has 0 bridgehead atoms. The van der Waals surface area contributed by atoms with E-state index < -0.39 is 16.3 Å². The SMILES string of the molecule is COc1ccc(NC(=O)C(C)N2CCN(S(=O)(=O)N3CC(C)OC(C)C3)CC2)cc1Cl. The second-order valence-electron chi connectivity index (χ2n) is 8.03. The molecule has 3 atom stereocenters. The van der Waals surface area contributed by atoms with E-state index in [0.29, 0.717) is 55.7 Å². The summed E-state index contributed by atoms with van der Waals surface area (Å²) in [5.74, 6) is 0.363. The van der Waals surface area contributed by atoms with E-state index in [1.807, 2.05) is 25.7 Å². The maximum Gasteiger partial charge on any atom is 0.282 e. The number of nitrogens with one attached hydrogen (secondary N) is 1. The number of piperazine rings is 1. The summed E-state index contributed by atoms with van der Waals surface area (Å²) >= 11 is 6.12. The summed E-state index contributed by atoms with van der Waals surface area (Å²) in [6.07, 6.45) is -0.259. The molecule has 2 fully saturated rings. The summed E-state index contributed by atoms with van der Waals surface area (Å²) in [4.78, 5) is 14.7. The number of nitrogens with zero attached hydrogens (tertiary/aromatic N) is 3. The summed E-state index contributed by atoms with van der Waals surface area (Å²) < 4.78 is 39.9. The lowest BCUT2D eigenvalue weighted by Gasteiger charge is -2.41. The number of morpholine rings is 1. The van der Waals surface area contributed by atoms with Gasteiger partial charge in [-0.3, -0.25) is 9.69 Å². The van der Waals surface area contributed by atoms with Gasteiger partial charge in [-0.05, 0) is 39.0 Å². The van der Waals surface area contributed by atoms with Crippen molar-refractivity contribution >= 4 is 33.4 Å². The molecule has 0 aliphatic carbocycles. The molecule has 2 heterocycles. The van der Waals surface area contributed by atoms with Gasteiger partial charge in [0.25, 0.3) is 10.2 Å². The first-order valence-corrected chi connectivity index (χ1v) is 12.2. The zero-order valence-corrected chi connectivity index (χ0v) is 19.9. The van der Waals surface area contributed by atoms with Gasteiger partial charge in [0.05, 0.1) is 30.4 Å². The average molecular weight is 475 g/mol. The van der Waals surface area contributed by atoms with Crippen LogP contribution >= 0.6 is 11.6 Å². The molecule has 0 saturated carbocycles. The third kappa shape index (κ3) is 5.68. The Kier molecular flexibility index (Phi) is 7.82. The smallest absolute Gasteiger partial charge is 0.282 e. The molecule has 1 aromatic rings. The van der Waals surface area contributed by atoms with Crippen LogP contribution in [-0.2, 0) is 19.7 Å². The number of halogens is 1. The molecule has 11 heteroatoms. The number of hydrogen-bond donors (Lipinski definition) is 1. The second kappa shape index (κ2) is 10.0. The Hall–Kier alpha value is -1.43. The highest BCUT2D eigenvalue weighted by molar-refractivity contribution is 7.86. The van der Waals surface area contributed by atoms with Crippen molar-refractivity contribution < 1.29 is 22.7 Å². The lowest BCUT2D eigenvalue weighted by Crippen LogP contribution is -2.58. The molecule has 3 unspecified atom stereocenters. The number of amides is 1. The largest absolute Gasteiger partial charge is 0.495 e. The number of hydrogen-bond acceptors (Lipinski definition) is 6. The molecule has 1 amide bonds. The zero-order chi connectivity index (χ0) is 22.8. The zero-order valence-electron chi connectivity index (χ0n) is 18.4. The van der Waals surface area contributed by atoms with Gasteiger partial charge in [-0.25, -0.2) is 0 Å². The summed E-state index contributed by atoms with van der Waals surface area (Å²) in [6.45, 7) is 7.93. The van der Waals surface area contributed by atoms with Gasteiger partial charge in [0.15, 0.2) is 0 Å². The Bertz CT molecular complexity index is 882. The Morgan fingerprint density at radius 3 is 2.32 bits per heavy atom. The fourth-order valence-electron chi connectivity index (χ4n) is 3.96. The topological polar surface area (TPSA) is 91.4 Å². The van der Waals surface area contributed by atoms with Gasteiger partial charge < -0.3 is 14.8 Å². The summed E-state index contributed by atoms with van der Waals surface area (Å²) in [7, 11) is -2.02. The van der Waals surface area contributed by atoms with E-state index in [4.69, 9.17) is 21.1 Å². The van der Waals surface area contributed by atoms with Gasteiger partial charge in [-0.2, -0.15) is 17.0 Å². The minimum atomic E-state index is -3.55. The molecule has 9 nitrogen and oxygen atoms in total. The molecule has 3 rings (SSSR count). The van der Waals surface area contributed by atoms with Crippen molar-refractivity contribution in [1.29, 1.82) is 0 Å². The Morgan fingerprint density at radius 2 is 1.77 bits per heavy atom. The van der Waals surface area contributed by atoms with E-state index in [2.05, 4.69) is 5.32 Å². The van der Waals surface area contributed by atoms with Gasteiger partial charge in [0.1, 0.15) is 5.75 Å². The minimum Gasteiger partial charge on any atom is -0.495 e. The molecule has 0 radical (unpaired) electrons. The van der Waals surface area contributed by atoms with E-state index in [0.717, 1.165) is 0 Å². The van der Waals surface area contributed by atoms with Gasteiger partial charge in [-0.1, -0.05) is 11.6 Å². The average Bonchev–Trinajstić information content (AvgIpc) is 2.72. The first-order chi connectivity index (χ1) is 14.6. The Labute approximate surface area is 189 Å². The summed E-state index contributed by atoms with van der Waals surface area (Å²) in [5, 5.41) is 3.27. The molecule has 2 aliphatic rings. The molecule has 31 heavy (non-hydrogen) atoms. The van der Waals surface area contributed by atoms with E-state index in [9.17, 15) is 13.2 Å². The number of ether oxygens (including phenoxy) is 2. The highest BCUT2D eigenvalue weighted by Gasteiger charge is 2.37. The van der Waals surface area contributed by atoms with Crippen molar-refractivity contribution in [3.05, 3.63) is 23.2 Å². The second-order valence-corrected chi connectivity index (χ2v) is 10.4. The lowest BCUT2D eigenvalue weighted by atomic mass is 10.2. The van der Waals surface area contributed by atoms with Gasteiger partial charge in [-0.15, -0.1) is 0 Å². The Morgan fingerprint density at radius 1 is 1.16 bits per heavy atom. The van der Waals surface area contributed by atoms with Gasteiger partial charge in [0, 0.05) is 45.0 Å². The van der Waals surface area contributed by atoms with Gasteiger partial charge in [0.2, 0.25) is 5.91 Å². The molecule has 2 saturated heterocycles. The normalized spacial score (nSPS) is 25.2. The number of carbonyl (C=O) groups excluding carboxylic acids is 1. The van der Waals surface area contributed by atoms with E-state index in [1.165, 1.54) is 15.7 Å². The first kappa shape index (κ1) is 24.2. The fourth-order valence-corrected chi connectivity index (χ4v) is 5.97. The van der Waals surface area contributed by atoms with Crippen molar-refractivity contribution in [2.45, 2.75) is 39.0 Å². The number of carbonyl (C=O) groups is 1. The third-order valence-electron chi connectivity index (χ3n) is 5.66. The molecule has 1 N–H and O–H groups in total. The highest BCUT2D eigenvalue weighted by atomic mass is 35.5. The molecule has 0 spiro atoms. The maximum absolute atomic E-state index is 13.0. The van der Waals surface area contributed by atoms with Crippen LogP contribution < -0.4 is 10.1 Å². The monoisotopic (exact) mass is 474 g/mol. The molecule has 174 valence electrons. The van der Waals surface area contributed by atoms with Crippen molar-refractivity contribution in [1.82, 2.24) is 13.5 Å². The molecule has 2 aliphatic heterocycles. The van der Waals surface area contributed by atoms with Crippen LogP contribution in [0.2, 0.25) is 5.02 Å². The van der Waals surface area contributed by atoms with Crippen molar-refractivity contribution in [3.8, 4) is 5.75 Å². The van der Waals surface area contributed by atoms with Crippen molar-refractivity contribution in [2.75, 3.05) is 51.7 Å². The van der Waals surface area contributed by atoms with Gasteiger partial charge >= 0.3 is 0 Å². The minimum absolute atomic E-state index is 0.130. The summed E-state index contributed by atoms with van der Waals surface area (Å²) in [5.41, 5.74) is 0.583. The first-order valence-electron chi connectivity index (χ1n) is 10.4. The fraction of sp³-hybridized carbons (Fsp3) is 0.650. The molecule has 1 aromatic carbocycles. The van der Waals surface area contributed by atoms with Crippen LogP contribution in [0.1, 0.15) is 20.8 Å². The van der Waals surface area contributed by atoms with Crippen LogP contribution in [0.25, 0.3) is 0 Å². The van der Waals surface area contributed by atoms with Crippen molar-refractivity contribution in [2.24, 2.45) is 0 Å². The van der Waals surface area contributed by atoms with Crippen LogP contribution in [0.5, 0.6) is 5.75 Å². The van der Waals surface area contributed by atoms with Crippen molar-refractivity contribution in [3.63, 3.8) is 0 Å². The quantitative estimate of drug-likeness (QED) is 0.674. The number of benzene rings is 1. The van der Waals surface area contributed by atoms with Crippen LogP contribution in [0.3, 0.4) is 0 Å².